The number of benzene rings is 2. The van der Waals surface area contributed by atoms with Crippen molar-refractivity contribution in [3.63, 3.8) is 0 Å². The van der Waals surface area contributed by atoms with E-state index in [4.69, 9.17) is 4.74 Å². The number of carbonyl (C=O) groups excluding carboxylic acids is 1. The molecule has 3 heterocycles. The zero-order chi connectivity index (χ0) is 31.5. The van der Waals surface area contributed by atoms with Crippen LogP contribution in [0.2, 0.25) is 0 Å². The van der Waals surface area contributed by atoms with E-state index in [1.807, 2.05) is 41.2 Å². The summed E-state index contributed by atoms with van der Waals surface area (Å²) in [7, 11) is 0.332. The Labute approximate surface area is 256 Å². The molecular weight excluding hydrogens is 536 g/mol. The Morgan fingerprint density at radius 1 is 1.05 bits per heavy atom. The second-order valence-corrected chi connectivity index (χ2v) is 14.0. The van der Waals surface area contributed by atoms with Gasteiger partial charge in [0, 0.05) is 40.7 Å². The van der Waals surface area contributed by atoms with Gasteiger partial charge in [0.2, 0.25) is 5.91 Å². The third kappa shape index (κ3) is 5.46. The Kier molecular flexibility index (Phi) is 7.52. The van der Waals surface area contributed by atoms with Gasteiger partial charge in [0.05, 0.1) is 12.6 Å². The average molecular weight is 580 g/mol. The van der Waals surface area contributed by atoms with Crippen LogP contribution in [0, 0.1) is 0 Å². The Balaban J connectivity index is 1.65. The number of aromatic nitrogens is 1. The van der Waals surface area contributed by atoms with Gasteiger partial charge in [-0.05, 0) is 77.9 Å². The van der Waals surface area contributed by atoms with Crippen LogP contribution < -0.4 is 10.1 Å². The summed E-state index contributed by atoms with van der Waals surface area (Å²) < 4.78 is 24.3. The van der Waals surface area contributed by atoms with Gasteiger partial charge in [0.1, 0.15) is 5.75 Å². The molecule has 0 saturated carbocycles. The summed E-state index contributed by atoms with van der Waals surface area (Å²) in [5.74, 6) is 0.724. The van der Waals surface area contributed by atoms with Gasteiger partial charge in [-0.15, -0.1) is 0 Å². The van der Waals surface area contributed by atoms with Gasteiger partial charge >= 0.3 is 7.26 Å². The average Bonchev–Trinajstić information content (AvgIpc) is 3.50. The molecule has 3 aromatic rings. The van der Waals surface area contributed by atoms with Gasteiger partial charge in [-0.2, -0.15) is 0 Å². The number of nitrogens with one attached hydrogen (secondary N) is 1. The molecule has 2 aliphatic rings. The lowest BCUT2D eigenvalue weighted by molar-refractivity contribution is -0.114. The molecule has 0 bridgehead atoms. The van der Waals surface area contributed by atoms with Crippen molar-refractivity contribution in [2.24, 2.45) is 0 Å². The first kappa shape index (κ1) is 30.5. The largest absolute Gasteiger partial charge is 0.592 e. The lowest BCUT2D eigenvalue weighted by Crippen LogP contribution is -2.52. The second kappa shape index (κ2) is 10.6. The van der Waals surface area contributed by atoms with Gasteiger partial charge in [-0.3, -0.25) is 9.11 Å². The van der Waals surface area contributed by atoms with Crippen molar-refractivity contribution in [2.75, 3.05) is 12.4 Å². The van der Waals surface area contributed by atoms with Crippen molar-refractivity contribution in [1.29, 1.82) is 0 Å². The standard InChI is InChI=1S/C36H43BFN3O2/c1-23-22-36(9,18-17-26-20-27(34(3,4)5)21-29(33(26)43-10)35(6,7)8)41-32(23)31(30-12-11-19-40(30)37(41)38)25-13-15-28(16-14-25)39-24(2)42/h11-22H,1-10H3,(H,39,42)/b18-17+. The van der Waals surface area contributed by atoms with Crippen LogP contribution in [0.25, 0.3) is 11.6 Å². The van der Waals surface area contributed by atoms with Crippen LogP contribution in [0.1, 0.15) is 90.3 Å². The van der Waals surface area contributed by atoms with E-state index in [0.717, 1.165) is 50.7 Å². The highest BCUT2D eigenvalue weighted by molar-refractivity contribution is 6.49. The Morgan fingerprint density at radius 3 is 2.30 bits per heavy atom. The number of nitrogens with zero attached hydrogens (tertiary/aromatic N) is 2. The first-order chi connectivity index (χ1) is 20.0. The van der Waals surface area contributed by atoms with Crippen LogP contribution >= 0.6 is 0 Å². The summed E-state index contributed by atoms with van der Waals surface area (Å²) in [4.78, 5) is 13.4. The normalized spacial score (nSPS) is 18.6. The van der Waals surface area contributed by atoms with Crippen LogP contribution in [0.3, 0.4) is 0 Å². The minimum atomic E-state index is -1.39. The molecule has 0 radical (unpaired) electrons. The summed E-state index contributed by atoms with van der Waals surface area (Å²) in [5.41, 5.74) is 7.77. The predicted octanol–water partition coefficient (Wildman–Crippen LogP) is 8.36. The number of hydrogen-bond donors (Lipinski definition) is 1. The van der Waals surface area contributed by atoms with E-state index in [-0.39, 0.29) is 16.7 Å². The molecule has 0 aliphatic carbocycles. The molecule has 0 spiro atoms. The van der Waals surface area contributed by atoms with Crippen LogP contribution in [0.15, 0.2) is 78.1 Å². The number of anilines is 1. The lowest BCUT2D eigenvalue weighted by atomic mass is 9.78. The molecule has 5 nitrogen and oxygen atoms in total. The lowest BCUT2D eigenvalue weighted by Gasteiger charge is -2.41. The minimum absolute atomic E-state index is 0.0510. The molecular formula is C36H43BFN3O2. The molecule has 0 saturated heterocycles. The number of rotatable bonds is 5. The number of halogens is 1. The fourth-order valence-electron chi connectivity index (χ4n) is 6.29. The van der Waals surface area contributed by atoms with E-state index in [9.17, 15) is 4.79 Å². The number of amides is 1. The van der Waals surface area contributed by atoms with Gasteiger partial charge in [0.15, 0.2) is 0 Å². The van der Waals surface area contributed by atoms with Gasteiger partial charge in [-0.1, -0.05) is 78.0 Å². The maximum Gasteiger partial charge on any atom is 0.592 e. The number of fused-ring (bicyclic) bond motifs is 2. The Hall–Kier alpha value is -4.00. The monoisotopic (exact) mass is 579 g/mol. The van der Waals surface area contributed by atoms with Crippen molar-refractivity contribution >= 4 is 30.5 Å². The molecule has 43 heavy (non-hydrogen) atoms. The van der Waals surface area contributed by atoms with Crippen LogP contribution in [0.4, 0.5) is 10.0 Å². The third-order valence-electron chi connectivity index (χ3n) is 8.45. The second-order valence-electron chi connectivity index (χ2n) is 14.0. The highest BCUT2D eigenvalue weighted by Gasteiger charge is 2.49. The summed E-state index contributed by atoms with van der Waals surface area (Å²) in [5, 5.41) is 2.83. The number of allylic oxidation sites excluding steroid dienone is 1. The van der Waals surface area contributed by atoms with Crippen molar-refractivity contribution < 1.29 is 13.8 Å². The van der Waals surface area contributed by atoms with Crippen molar-refractivity contribution in [3.05, 3.63) is 106 Å². The van der Waals surface area contributed by atoms with Gasteiger partial charge in [-0.25, -0.2) is 0 Å². The molecule has 1 atom stereocenters. The van der Waals surface area contributed by atoms with Crippen molar-refractivity contribution in [1.82, 2.24) is 9.29 Å². The first-order valence-electron chi connectivity index (χ1n) is 14.9. The topological polar surface area (TPSA) is 46.5 Å². The van der Waals surface area contributed by atoms with Crippen molar-refractivity contribution in [3.8, 4) is 5.75 Å². The van der Waals surface area contributed by atoms with E-state index in [1.54, 1.807) is 17.8 Å². The van der Waals surface area contributed by atoms with Crippen LogP contribution in [-0.4, -0.2) is 35.1 Å². The Bertz CT molecular complexity index is 1670. The molecule has 5 rings (SSSR count). The summed E-state index contributed by atoms with van der Waals surface area (Å²) in [6, 6.07) is 16.1. The first-order valence-corrected chi connectivity index (χ1v) is 14.9. The highest BCUT2D eigenvalue weighted by atomic mass is 19.1. The van der Waals surface area contributed by atoms with Crippen LogP contribution in [-0.2, 0) is 15.6 Å². The number of ether oxygens (including phenoxy) is 1. The van der Waals surface area contributed by atoms with Crippen LogP contribution in [0.5, 0.6) is 5.75 Å². The Morgan fingerprint density at radius 2 is 1.72 bits per heavy atom. The zero-order valence-electron chi connectivity index (χ0n) is 27.1. The number of methoxy groups -OCH3 is 1. The smallest absolute Gasteiger partial charge is 0.496 e. The summed E-state index contributed by atoms with van der Waals surface area (Å²) >= 11 is 0. The molecule has 1 aromatic heterocycles. The molecule has 0 fully saturated rings. The highest BCUT2D eigenvalue weighted by Crippen LogP contribution is 2.47. The fourth-order valence-corrected chi connectivity index (χ4v) is 6.29. The minimum Gasteiger partial charge on any atom is -0.496 e. The van der Waals surface area contributed by atoms with E-state index >= 15 is 4.32 Å². The third-order valence-corrected chi connectivity index (χ3v) is 8.45. The molecule has 7 heteroatoms. The van der Waals surface area contributed by atoms with Gasteiger partial charge in [0.25, 0.3) is 0 Å². The number of carbonyl (C=O) groups is 1. The maximum atomic E-state index is 16.6. The summed E-state index contributed by atoms with van der Waals surface area (Å²) in [6.45, 7) is 18.9. The quantitative estimate of drug-likeness (QED) is 0.309. The molecule has 2 aliphatic heterocycles. The number of hydrogen-bond acceptors (Lipinski definition) is 3. The van der Waals surface area contributed by atoms with E-state index in [1.165, 1.54) is 12.5 Å². The van der Waals surface area contributed by atoms with E-state index < -0.39 is 12.8 Å². The molecule has 1 unspecified atom stereocenters. The molecule has 1 N–H and O–H groups in total. The van der Waals surface area contributed by atoms with E-state index in [2.05, 4.69) is 91.1 Å². The fraction of sp³-hybridized carbons (Fsp3) is 0.361. The van der Waals surface area contributed by atoms with Gasteiger partial charge < -0.3 is 19.3 Å². The van der Waals surface area contributed by atoms with Crippen molar-refractivity contribution in [2.45, 2.75) is 78.7 Å². The molecule has 224 valence electrons. The SMILES string of the molecule is COc1c(/C=C/C2(C)C=C(C)C3=C(c4ccc(NC(C)=O)cc4)c4cccn4B(F)N32)cc(C(C)(C)C)cc1C(C)(C)C. The molecule has 2 aromatic carbocycles. The molecule has 1 amide bonds. The maximum absolute atomic E-state index is 16.6. The predicted molar refractivity (Wildman–Crippen MR) is 177 cm³/mol. The van der Waals surface area contributed by atoms with E-state index in [0.29, 0.717) is 0 Å². The zero-order valence-corrected chi connectivity index (χ0v) is 27.1. The summed E-state index contributed by atoms with van der Waals surface area (Å²) in [6.07, 6.45) is 8.13.